The lowest BCUT2D eigenvalue weighted by Crippen LogP contribution is -2.10. The zero-order valence-electron chi connectivity index (χ0n) is 10.4. The molecule has 0 aliphatic carbocycles. The summed E-state index contributed by atoms with van der Waals surface area (Å²) in [5.74, 6) is 0.839. The van der Waals surface area contributed by atoms with Gasteiger partial charge in [-0.05, 0) is 18.2 Å². The predicted molar refractivity (Wildman–Crippen MR) is 66.7 cm³/mol. The molecular formula is C14H12F3NO2. The Labute approximate surface area is 114 Å². The quantitative estimate of drug-likeness (QED) is 0.786. The molecule has 2 aromatic rings. The number of pyridine rings is 1. The molecule has 6 heteroatoms. The molecular weight excluding hydrogens is 271 g/mol. The largest absolute Gasteiger partial charge is 0.490 e. The Balaban J connectivity index is 1.77. The van der Waals surface area contributed by atoms with E-state index in [1.807, 2.05) is 18.2 Å². The number of para-hydroxylation sites is 1. The van der Waals surface area contributed by atoms with Gasteiger partial charge in [0.2, 0.25) is 5.88 Å². The van der Waals surface area contributed by atoms with Gasteiger partial charge in [-0.25, -0.2) is 4.98 Å². The van der Waals surface area contributed by atoms with Crippen molar-refractivity contribution in [1.82, 2.24) is 4.98 Å². The molecule has 1 heterocycles. The molecule has 0 bridgehead atoms. The maximum atomic E-state index is 12.3. The minimum Gasteiger partial charge on any atom is -0.490 e. The van der Waals surface area contributed by atoms with Gasteiger partial charge in [0.25, 0.3) is 0 Å². The highest BCUT2D eigenvalue weighted by Gasteiger charge is 2.30. The second kappa shape index (κ2) is 6.27. The molecule has 0 aliphatic heterocycles. The van der Waals surface area contributed by atoms with Gasteiger partial charge >= 0.3 is 6.18 Å². The number of ether oxygens (including phenoxy) is 2. The van der Waals surface area contributed by atoms with E-state index >= 15 is 0 Å². The third kappa shape index (κ3) is 4.15. The van der Waals surface area contributed by atoms with Crippen molar-refractivity contribution in [2.45, 2.75) is 6.18 Å². The Hall–Kier alpha value is -2.24. The normalized spacial score (nSPS) is 11.2. The fraction of sp³-hybridized carbons (Fsp3) is 0.214. The number of aromatic nitrogens is 1. The minimum atomic E-state index is -4.39. The van der Waals surface area contributed by atoms with E-state index in [9.17, 15) is 13.2 Å². The zero-order chi connectivity index (χ0) is 14.4. The summed E-state index contributed by atoms with van der Waals surface area (Å²) in [6, 6.07) is 11.3. The van der Waals surface area contributed by atoms with Crippen LogP contribution in [0, 0.1) is 0 Å². The summed E-state index contributed by atoms with van der Waals surface area (Å²) in [5, 5.41) is 0. The van der Waals surface area contributed by atoms with Crippen molar-refractivity contribution < 1.29 is 22.6 Å². The van der Waals surface area contributed by atoms with Crippen LogP contribution in [0.25, 0.3) is 0 Å². The lowest BCUT2D eigenvalue weighted by molar-refractivity contribution is -0.137. The summed E-state index contributed by atoms with van der Waals surface area (Å²) in [7, 11) is 0. The van der Waals surface area contributed by atoms with E-state index in [-0.39, 0.29) is 19.1 Å². The topological polar surface area (TPSA) is 31.4 Å². The van der Waals surface area contributed by atoms with Crippen LogP contribution in [0.3, 0.4) is 0 Å². The molecule has 3 nitrogen and oxygen atoms in total. The molecule has 1 aromatic carbocycles. The van der Waals surface area contributed by atoms with Crippen molar-refractivity contribution in [2.75, 3.05) is 13.2 Å². The van der Waals surface area contributed by atoms with Crippen LogP contribution in [0.2, 0.25) is 0 Å². The van der Waals surface area contributed by atoms with Crippen molar-refractivity contribution in [1.29, 1.82) is 0 Å². The number of benzene rings is 1. The molecule has 106 valence electrons. The van der Waals surface area contributed by atoms with Gasteiger partial charge in [-0.15, -0.1) is 0 Å². The Morgan fingerprint density at radius 2 is 1.60 bits per heavy atom. The lowest BCUT2D eigenvalue weighted by Gasteiger charge is -2.09. The molecule has 0 saturated heterocycles. The molecule has 0 N–H and O–H groups in total. The molecule has 0 aliphatic rings. The first kappa shape index (κ1) is 14.2. The number of nitrogens with zero attached hydrogens (tertiary/aromatic N) is 1. The molecule has 0 amide bonds. The van der Waals surface area contributed by atoms with Gasteiger partial charge in [-0.1, -0.05) is 18.2 Å². The van der Waals surface area contributed by atoms with Crippen LogP contribution in [-0.4, -0.2) is 18.2 Å². The van der Waals surface area contributed by atoms with Gasteiger partial charge < -0.3 is 9.47 Å². The molecule has 0 radical (unpaired) electrons. The summed E-state index contributed by atoms with van der Waals surface area (Å²) in [6.07, 6.45) is -3.64. The third-order valence-corrected chi connectivity index (χ3v) is 2.41. The first-order chi connectivity index (χ1) is 9.55. The van der Waals surface area contributed by atoms with Gasteiger partial charge in [0.15, 0.2) is 0 Å². The SMILES string of the molecule is FC(F)(F)c1ccc(OCCOc2ccccc2)nc1. The molecule has 0 unspecified atom stereocenters. The highest BCUT2D eigenvalue weighted by atomic mass is 19.4. The van der Waals surface area contributed by atoms with Crippen molar-refractivity contribution >= 4 is 0 Å². The standard InChI is InChI=1S/C14H12F3NO2/c15-14(16,17)11-6-7-13(18-10-11)20-9-8-19-12-4-2-1-3-5-12/h1-7,10H,8-9H2. The minimum absolute atomic E-state index is 0.134. The average molecular weight is 283 g/mol. The van der Waals surface area contributed by atoms with E-state index in [1.165, 1.54) is 6.07 Å². The summed E-state index contributed by atoms with van der Waals surface area (Å²) in [5.41, 5.74) is -0.801. The summed E-state index contributed by atoms with van der Waals surface area (Å²) >= 11 is 0. The maximum Gasteiger partial charge on any atom is 0.417 e. The Bertz CT molecular complexity index is 526. The van der Waals surface area contributed by atoms with Gasteiger partial charge in [0.05, 0.1) is 5.56 Å². The van der Waals surface area contributed by atoms with E-state index in [1.54, 1.807) is 12.1 Å². The molecule has 0 atom stereocenters. The molecule has 20 heavy (non-hydrogen) atoms. The smallest absolute Gasteiger partial charge is 0.417 e. The van der Waals surface area contributed by atoms with Crippen molar-refractivity contribution in [2.24, 2.45) is 0 Å². The highest BCUT2D eigenvalue weighted by Crippen LogP contribution is 2.29. The Kier molecular flexibility index (Phi) is 4.45. The number of hydrogen-bond acceptors (Lipinski definition) is 3. The molecule has 1 aromatic heterocycles. The lowest BCUT2D eigenvalue weighted by atomic mass is 10.3. The van der Waals surface area contributed by atoms with Crippen LogP contribution in [0.1, 0.15) is 5.56 Å². The van der Waals surface area contributed by atoms with Crippen LogP contribution in [0.4, 0.5) is 13.2 Å². The summed E-state index contributed by atoms with van der Waals surface area (Å²) < 4.78 is 47.5. The van der Waals surface area contributed by atoms with Crippen LogP contribution >= 0.6 is 0 Å². The average Bonchev–Trinajstić information content (AvgIpc) is 2.44. The Morgan fingerprint density at radius 3 is 2.20 bits per heavy atom. The second-order valence-corrected chi connectivity index (χ2v) is 3.89. The number of hydrogen-bond donors (Lipinski definition) is 0. The third-order valence-electron chi connectivity index (χ3n) is 2.41. The molecule has 0 spiro atoms. The maximum absolute atomic E-state index is 12.3. The fourth-order valence-electron chi connectivity index (χ4n) is 1.46. The van der Waals surface area contributed by atoms with E-state index < -0.39 is 11.7 Å². The monoisotopic (exact) mass is 283 g/mol. The van der Waals surface area contributed by atoms with Crippen molar-refractivity contribution in [3.05, 3.63) is 54.2 Å². The first-order valence-electron chi connectivity index (χ1n) is 5.89. The van der Waals surface area contributed by atoms with Crippen LogP contribution in [-0.2, 0) is 6.18 Å². The number of rotatable bonds is 5. The van der Waals surface area contributed by atoms with Gasteiger partial charge in [-0.2, -0.15) is 13.2 Å². The molecule has 2 rings (SSSR count). The van der Waals surface area contributed by atoms with Gasteiger partial charge in [-0.3, -0.25) is 0 Å². The Morgan fingerprint density at radius 1 is 0.900 bits per heavy atom. The van der Waals surface area contributed by atoms with Gasteiger partial charge in [0.1, 0.15) is 19.0 Å². The van der Waals surface area contributed by atoms with Crippen LogP contribution in [0.5, 0.6) is 11.6 Å². The highest BCUT2D eigenvalue weighted by molar-refractivity contribution is 5.21. The van der Waals surface area contributed by atoms with Crippen LogP contribution in [0.15, 0.2) is 48.7 Å². The second-order valence-electron chi connectivity index (χ2n) is 3.89. The molecule has 0 saturated carbocycles. The summed E-state index contributed by atoms with van der Waals surface area (Å²) in [6.45, 7) is 0.486. The van der Waals surface area contributed by atoms with E-state index in [4.69, 9.17) is 9.47 Å². The number of alkyl halides is 3. The number of halogens is 3. The molecule has 0 fully saturated rings. The van der Waals surface area contributed by atoms with Gasteiger partial charge in [0, 0.05) is 12.3 Å². The predicted octanol–water partition coefficient (Wildman–Crippen LogP) is 3.56. The fourth-order valence-corrected chi connectivity index (χ4v) is 1.46. The van der Waals surface area contributed by atoms with E-state index in [0.717, 1.165) is 12.3 Å². The van der Waals surface area contributed by atoms with Crippen molar-refractivity contribution in [3.63, 3.8) is 0 Å². The summed E-state index contributed by atoms with van der Waals surface area (Å²) in [4.78, 5) is 3.59. The van der Waals surface area contributed by atoms with E-state index in [0.29, 0.717) is 5.75 Å². The van der Waals surface area contributed by atoms with Crippen molar-refractivity contribution in [3.8, 4) is 11.6 Å². The first-order valence-corrected chi connectivity index (χ1v) is 5.89. The van der Waals surface area contributed by atoms with Crippen LogP contribution < -0.4 is 9.47 Å². The zero-order valence-corrected chi connectivity index (χ0v) is 10.4. The van der Waals surface area contributed by atoms with E-state index in [2.05, 4.69) is 4.98 Å².